The van der Waals surface area contributed by atoms with Crippen molar-refractivity contribution in [2.45, 2.75) is 50.6 Å². The molecule has 0 bridgehead atoms. The average Bonchev–Trinajstić information content (AvgIpc) is 2.71. The number of imidazole rings is 1. The summed E-state index contributed by atoms with van der Waals surface area (Å²) in [7, 11) is 2.09. The van der Waals surface area contributed by atoms with E-state index in [1.807, 2.05) is 12.4 Å². The van der Waals surface area contributed by atoms with Gasteiger partial charge in [-0.3, -0.25) is 4.90 Å². The van der Waals surface area contributed by atoms with E-state index < -0.39 is 0 Å². The highest BCUT2D eigenvalue weighted by atomic mass is 15.2. The molecule has 0 unspecified atom stereocenters. The Morgan fingerprint density at radius 3 is 2.84 bits per heavy atom. The lowest BCUT2D eigenvalue weighted by Gasteiger charge is -2.40. The van der Waals surface area contributed by atoms with Gasteiger partial charge in [0, 0.05) is 31.5 Å². The third kappa shape index (κ3) is 3.00. The van der Waals surface area contributed by atoms with Crippen molar-refractivity contribution in [2.24, 2.45) is 7.05 Å². The van der Waals surface area contributed by atoms with Crippen LogP contribution in [0.15, 0.2) is 12.4 Å². The van der Waals surface area contributed by atoms with E-state index in [4.69, 9.17) is 0 Å². The highest BCUT2D eigenvalue weighted by Gasteiger charge is 2.34. The summed E-state index contributed by atoms with van der Waals surface area (Å²) in [5.41, 5.74) is 0.389. The Morgan fingerprint density at radius 2 is 2.11 bits per heavy atom. The third-order valence-corrected chi connectivity index (χ3v) is 4.77. The molecule has 1 spiro atoms. The zero-order chi connectivity index (χ0) is 13.1. The summed E-state index contributed by atoms with van der Waals surface area (Å²) in [5, 5.41) is 3.85. The fourth-order valence-corrected chi connectivity index (χ4v) is 3.67. The van der Waals surface area contributed by atoms with Crippen molar-refractivity contribution < 1.29 is 0 Å². The van der Waals surface area contributed by atoms with E-state index in [9.17, 15) is 0 Å². The fourth-order valence-electron chi connectivity index (χ4n) is 3.67. The Morgan fingerprint density at radius 1 is 1.26 bits per heavy atom. The molecule has 1 saturated heterocycles. The number of hydrogen-bond acceptors (Lipinski definition) is 3. The second-order valence-electron chi connectivity index (χ2n) is 6.29. The molecule has 0 atom stereocenters. The molecule has 1 aromatic heterocycles. The maximum atomic E-state index is 4.47. The van der Waals surface area contributed by atoms with Gasteiger partial charge >= 0.3 is 0 Å². The minimum absolute atomic E-state index is 0.389. The molecule has 1 N–H and O–H groups in total. The van der Waals surface area contributed by atoms with Crippen LogP contribution in [0.1, 0.15) is 44.3 Å². The van der Waals surface area contributed by atoms with Crippen molar-refractivity contribution in [3.05, 3.63) is 18.2 Å². The van der Waals surface area contributed by atoms with Crippen LogP contribution < -0.4 is 5.32 Å². The quantitative estimate of drug-likeness (QED) is 0.884. The summed E-state index contributed by atoms with van der Waals surface area (Å²) in [5.74, 6) is 1.19. The van der Waals surface area contributed by atoms with E-state index in [1.54, 1.807) is 0 Å². The van der Waals surface area contributed by atoms with Gasteiger partial charge in [0.2, 0.25) is 0 Å². The van der Waals surface area contributed by atoms with Crippen LogP contribution >= 0.6 is 0 Å². The highest BCUT2D eigenvalue weighted by molar-refractivity contribution is 4.98. The van der Waals surface area contributed by atoms with Gasteiger partial charge in [-0.15, -0.1) is 0 Å². The Balaban J connectivity index is 1.69. The van der Waals surface area contributed by atoms with E-state index in [1.165, 1.54) is 64.0 Å². The fraction of sp³-hybridized carbons (Fsp3) is 0.800. The van der Waals surface area contributed by atoms with Gasteiger partial charge in [0.1, 0.15) is 5.82 Å². The van der Waals surface area contributed by atoms with Crippen molar-refractivity contribution in [1.82, 2.24) is 19.8 Å². The van der Waals surface area contributed by atoms with Crippen molar-refractivity contribution >= 4 is 0 Å². The van der Waals surface area contributed by atoms with Crippen LogP contribution in [0.5, 0.6) is 0 Å². The van der Waals surface area contributed by atoms with Gasteiger partial charge in [-0.25, -0.2) is 4.98 Å². The average molecular weight is 262 g/mol. The topological polar surface area (TPSA) is 33.1 Å². The highest BCUT2D eigenvalue weighted by Crippen LogP contribution is 2.30. The molecule has 2 heterocycles. The molecule has 106 valence electrons. The normalized spacial score (nSPS) is 24.5. The molecule has 0 amide bonds. The predicted molar refractivity (Wildman–Crippen MR) is 76.9 cm³/mol. The Hall–Kier alpha value is -0.870. The van der Waals surface area contributed by atoms with Crippen LogP contribution in [0.3, 0.4) is 0 Å². The molecule has 1 aliphatic heterocycles. The van der Waals surface area contributed by atoms with E-state index in [0.717, 1.165) is 6.54 Å². The lowest BCUT2D eigenvalue weighted by atomic mass is 9.81. The van der Waals surface area contributed by atoms with Crippen LogP contribution in [0, 0.1) is 0 Å². The third-order valence-electron chi connectivity index (χ3n) is 4.77. The molecular formula is C15H26N4. The summed E-state index contributed by atoms with van der Waals surface area (Å²) in [4.78, 5) is 7.08. The first-order chi connectivity index (χ1) is 9.27. The first kappa shape index (κ1) is 13.1. The van der Waals surface area contributed by atoms with Gasteiger partial charge in [-0.05, 0) is 32.4 Å². The minimum atomic E-state index is 0.389. The molecule has 1 saturated carbocycles. The first-order valence-corrected chi connectivity index (χ1v) is 7.71. The number of nitrogens with zero attached hydrogens (tertiary/aromatic N) is 3. The van der Waals surface area contributed by atoms with Crippen molar-refractivity contribution in [3.63, 3.8) is 0 Å². The number of hydrogen-bond donors (Lipinski definition) is 1. The zero-order valence-electron chi connectivity index (χ0n) is 12.1. The van der Waals surface area contributed by atoms with Crippen molar-refractivity contribution in [2.75, 3.05) is 19.6 Å². The smallest absolute Gasteiger partial charge is 0.122 e. The molecule has 2 fully saturated rings. The van der Waals surface area contributed by atoms with Crippen molar-refractivity contribution in [3.8, 4) is 0 Å². The second-order valence-corrected chi connectivity index (χ2v) is 6.29. The number of rotatable bonds is 2. The Kier molecular flexibility index (Phi) is 3.89. The maximum Gasteiger partial charge on any atom is 0.122 e. The molecule has 0 aromatic carbocycles. The molecule has 1 aromatic rings. The second kappa shape index (κ2) is 5.63. The standard InChI is InChI=1S/C15H26N4/c1-18-11-9-16-14(18)12-19-10-5-8-17-15(13-19)6-3-2-4-7-15/h9,11,17H,2-8,10,12-13H2,1H3. The number of aromatic nitrogens is 2. The molecule has 0 radical (unpaired) electrons. The van der Waals surface area contributed by atoms with Crippen LogP contribution in [0.2, 0.25) is 0 Å². The maximum absolute atomic E-state index is 4.47. The van der Waals surface area contributed by atoms with E-state index in [0.29, 0.717) is 5.54 Å². The van der Waals surface area contributed by atoms with Gasteiger partial charge in [0.25, 0.3) is 0 Å². The van der Waals surface area contributed by atoms with Gasteiger partial charge in [-0.1, -0.05) is 19.3 Å². The Labute approximate surface area is 116 Å². The summed E-state index contributed by atoms with van der Waals surface area (Å²) < 4.78 is 2.14. The molecule has 4 nitrogen and oxygen atoms in total. The SMILES string of the molecule is Cn1ccnc1CN1CCCNC2(CCCCC2)C1. The molecular weight excluding hydrogens is 236 g/mol. The van der Waals surface area contributed by atoms with Crippen LogP contribution in [0.25, 0.3) is 0 Å². The van der Waals surface area contributed by atoms with Crippen LogP contribution in [0.4, 0.5) is 0 Å². The number of aryl methyl sites for hydroxylation is 1. The van der Waals surface area contributed by atoms with E-state index in [2.05, 4.69) is 26.8 Å². The number of nitrogens with one attached hydrogen (secondary N) is 1. The van der Waals surface area contributed by atoms with Crippen molar-refractivity contribution in [1.29, 1.82) is 0 Å². The summed E-state index contributed by atoms with van der Waals surface area (Å²) in [6.07, 6.45) is 12.1. The lowest BCUT2D eigenvalue weighted by Crippen LogP contribution is -2.52. The molecule has 2 aliphatic rings. The summed E-state index contributed by atoms with van der Waals surface area (Å²) in [6.45, 7) is 4.56. The van der Waals surface area contributed by atoms with Crippen LogP contribution in [-0.2, 0) is 13.6 Å². The molecule has 1 aliphatic carbocycles. The lowest BCUT2D eigenvalue weighted by molar-refractivity contribution is 0.156. The van der Waals surface area contributed by atoms with Gasteiger partial charge in [0.05, 0.1) is 6.54 Å². The van der Waals surface area contributed by atoms with E-state index >= 15 is 0 Å². The molecule has 19 heavy (non-hydrogen) atoms. The summed E-state index contributed by atoms with van der Waals surface area (Å²) in [6, 6.07) is 0. The Bertz CT molecular complexity index is 406. The van der Waals surface area contributed by atoms with Gasteiger partial charge in [-0.2, -0.15) is 0 Å². The van der Waals surface area contributed by atoms with E-state index in [-0.39, 0.29) is 0 Å². The summed E-state index contributed by atoms with van der Waals surface area (Å²) >= 11 is 0. The predicted octanol–water partition coefficient (Wildman–Crippen LogP) is 1.92. The largest absolute Gasteiger partial charge is 0.337 e. The molecule has 4 heteroatoms. The molecule has 3 rings (SSSR count). The zero-order valence-corrected chi connectivity index (χ0v) is 12.1. The first-order valence-electron chi connectivity index (χ1n) is 7.71. The van der Waals surface area contributed by atoms with Crippen LogP contribution in [-0.4, -0.2) is 39.6 Å². The van der Waals surface area contributed by atoms with Gasteiger partial charge in [0.15, 0.2) is 0 Å². The monoisotopic (exact) mass is 262 g/mol. The minimum Gasteiger partial charge on any atom is -0.337 e. The van der Waals surface area contributed by atoms with Gasteiger partial charge < -0.3 is 9.88 Å².